The van der Waals surface area contributed by atoms with E-state index in [2.05, 4.69) is 15.2 Å². The standard InChI is InChI=1S/C13H9F3N4O2/c1-22-9-4-3-8(7-2-5-11(21)19-18-7)20-6-10(13(14,15)16)17-12(9)20/h2-6H,1H3,(H,19,21). The highest BCUT2D eigenvalue weighted by atomic mass is 19.4. The Bertz CT molecular complexity index is 878. The summed E-state index contributed by atoms with van der Waals surface area (Å²) < 4.78 is 44.9. The van der Waals surface area contributed by atoms with E-state index in [0.717, 1.165) is 6.20 Å². The van der Waals surface area contributed by atoms with E-state index in [1.807, 2.05) is 0 Å². The summed E-state index contributed by atoms with van der Waals surface area (Å²) in [6.07, 6.45) is -3.72. The minimum atomic E-state index is -4.58. The lowest BCUT2D eigenvalue weighted by molar-refractivity contribution is -0.140. The summed E-state index contributed by atoms with van der Waals surface area (Å²) in [5, 5.41) is 6.05. The number of nitrogens with one attached hydrogen (secondary N) is 1. The van der Waals surface area contributed by atoms with Crippen molar-refractivity contribution in [2.24, 2.45) is 0 Å². The van der Waals surface area contributed by atoms with Gasteiger partial charge in [0, 0.05) is 12.3 Å². The van der Waals surface area contributed by atoms with E-state index in [1.165, 1.54) is 35.8 Å². The number of methoxy groups -OCH3 is 1. The van der Waals surface area contributed by atoms with Gasteiger partial charge in [-0.05, 0) is 18.2 Å². The van der Waals surface area contributed by atoms with Crippen LogP contribution in [0.1, 0.15) is 5.69 Å². The molecule has 9 heteroatoms. The predicted octanol–water partition coefficient (Wildman–Crippen LogP) is 2.11. The predicted molar refractivity (Wildman–Crippen MR) is 70.6 cm³/mol. The third-order valence-electron chi connectivity index (χ3n) is 3.03. The van der Waals surface area contributed by atoms with E-state index < -0.39 is 17.4 Å². The number of aromatic nitrogens is 4. The third kappa shape index (κ3) is 2.30. The maximum Gasteiger partial charge on any atom is 0.434 e. The molecule has 1 N–H and O–H groups in total. The number of imidazole rings is 1. The molecule has 0 atom stereocenters. The van der Waals surface area contributed by atoms with E-state index in [1.54, 1.807) is 0 Å². The van der Waals surface area contributed by atoms with Gasteiger partial charge in [-0.25, -0.2) is 10.1 Å². The first-order chi connectivity index (χ1) is 10.4. The quantitative estimate of drug-likeness (QED) is 0.787. The first-order valence-electron chi connectivity index (χ1n) is 6.09. The Morgan fingerprint density at radius 3 is 2.59 bits per heavy atom. The molecule has 3 heterocycles. The topological polar surface area (TPSA) is 72.3 Å². The van der Waals surface area contributed by atoms with E-state index in [4.69, 9.17) is 4.74 Å². The van der Waals surface area contributed by atoms with Crippen LogP contribution in [0, 0.1) is 0 Å². The highest BCUT2D eigenvalue weighted by molar-refractivity contribution is 5.65. The van der Waals surface area contributed by atoms with Crippen LogP contribution in [-0.2, 0) is 6.18 Å². The van der Waals surface area contributed by atoms with Gasteiger partial charge in [0.2, 0.25) is 0 Å². The number of halogens is 3. The Morgan fingerprint density at radius 2 is 2.00 bits per heavy atom. The number of aromatic amines is 1. The van der Waals surface area contributed by atoms with Crippen molar-refractivity contribution in [3.63, 3.8) is 0 Å². The molecule has 3 rings (SSSR count). The summed E-state index contributed by atoms with van der Waals surface area (Å²) in [6, 6.07) is 5.67. The third-order valence-corrected chi connectivity index (χ3v) is 3.03. The lowest BCUT2D eigenvalue weighted by Crippen LogP contribution is -2.07. The average Bonchev–Trinajstić information content (AvgIpc) is 2.92. The molecule has 22 heavy (non-hydrogen) atoms. The number of H-pyrrole nitrogens is 1. The van der Waals surface area contributed by atoms with E-state index >= 15 is 0 Å². The van der Waals surface area contributed by atoms with Crippen LogP contribution >= 0.6 is 0 Å². The molecule has 0 aliphatic heterocycles. The number of alkyl halides is 3. The highest BCUT2D eigenvalue weighted by Crippen LogP contribution is 2.32. The zero-order chi connectivity index (χ0) is 15.9. The molecular formula is C13H9F3N4O2. The fraction of sp³-hybridized carbons (Fsp3) is 0.154. The van der Waals surface area contributed by atoms with Gasteiger partial charge in [-0.15, -0.1) is 0 Å². The van der Waals surface area contributed by atoms with Gasteiger partial charge in [-0.3, -0.25) is 9.20 Å². The summed E-state index contributed by atoms with van der Waals surface area (Å²) in [6.45, 7) is 0. The molecule has 0 aliphatic carbocycles. The van der Waals surface area contributed by atoms with Crippen LogP contribution in [0.2, 0.25) is 0 Å². The molecule has 0 unspecified atom stereocenters. The van der Waals surface area contributed by atoms with Crippen LogP contribution in [0.4, 0.5) is 13.2 Å². The number of hydrogen-bond acceptors (Lipinski definition) is 4. The first-order valence-corrected chi connectivity index (χ1v) is 6.09. The van der Waals surface area contributed by atoms with E-state index in [9.17, 15) is 18.0 Å². The van der Waals surface area contributed by atoms with Crippen LogP contribution in [0.25, 0.3) is 17.0 Å². The second kappa shape index (κ2) is 4.86. The van der Waals surface area contributed by atoms with Gasteiger partial charge in [0.25, 0.3) is 5.56 Å². The fourth-order valence-electron chi connectivity index (χ4n) is 2.04. The van der Waals surface area contributed by atoms with Crippen LogP contribution in [0.3, 0.4) is 0 Å². The molecule has 6 nitrogen and oxygen atoms in total. The van der Waals surface area contributed by atoms with E-state index in [-0.39, 0.29) is 11.4 Å². The molecule has 3 aromatic heterocycles. The van der Waals surface area contributed by atoms with Gasteiger partial charge >= 0.3 is 6.18 Å². The number of ether oxygens (including phenoxy) is 1. The van der Waals surface area contributed by atoms with Gasteiger partial charge in [-0.2, -0.15) is 18.3 Å². The number of nitrogens with zero attached hydrogens (tertiary/aromatic N) is 3. The van der Waals surface area contributed by atoms with Crippen LogP contribution < -0.4 is 10.3 Å². The molecule has 0 saturated heterocycles. The van der Waals surface area contributed by atoms with Gasteiger partial charge in [0.1, 0.15) is 5.69 Å². The molecule has 0 aromatic carbocycles. The molecule has 0 bridgehead atoms. The maximum atomic E-state index is 12.9. The molecule has 0 amide bonds. The lowest BCUT2D eigenvalue weighted by atomic mass is 10.2. The molecule has 0 radical (unpaired) electrons. The molecule has 0 spiro atoms. The Morgan fingerprint density at radius 1 is 1.23 bits per heavy atom. The van der Waals surface area contributed by atoms with Gasteiger partial charge in [0.05, 0.1) is 12.8 Å². The Hall–Kier alpha value is -2.84. The zero-order valence-electron chi connectivity index (χ0n) is 11.2. The largest absolute Gasteiger partial charge is 0.493 e. The van der Waals surface area contributed by atoms with E-state index in [0.29, 0.717) is 11.4 Å². The number of fused-ring (bicyclic) bond motifs is 1. The van der Waals surface area contributed by atoms with Crippen LogP contribution in [-0.4, -0.2) is 26.7 Å². The zero-order valence-corrected chi connectivity index (χ0v) is 11.2. The Balaban J connectivity index is 2.29. The molecule has 0 saturated carbocycles. The lowest BCUT2D eigenvalue weighted by Gasteiger charge is -2.07. The number of rotatable bonds is 2. The van der Waals surface area contributed by atoms with Crippen LogP contribution in [0.15, 0.2) is 35.3 Å². The van der Waals surface area contributed by atoms with Crippen molar-refractivity contribution in [3.05, 3.63) is 46.5 Å². The second-order valence-corrected chi connectivity index (χ2v) is 4.41. The molecule has 3 aromatic rings. The van der Waals surface area contributed by atoms with Gasteiger partial charge in [0.15, 0.2) is 17.1 Å². The average molecular weight is 310 g/mol. The van der Waals surface area contributed by atoms with Gasteiger partial charge < -0.3 is 4.74 Å². The van der Waals surface area contributed by atoms with Crippen molar-refractivity contribution in [3.8, 4) is 17.1 Å². The van der Waals surface area contributed by atoms with Crippen molar-refractivity contribution in [1.82, 2.24) is 19.6 Å². The first kappa shape index (κ1) is 14.1. The van der Waals surface area contributed by atoms with Crippen LogP contribution in [0.5, 0.6) is 5.75 Å². The van der Waals surface area contributed by atoms with Crippen molar-refractivity contribution >= 4 is 5.65 Å². The number of pyridine rings is 1. The minimum Gasteiger partial charge on any atom is -0.493 e. The second-order valence-electron chi connectivity index (χ2n) is 4.41. The number of hydrogen-bond donors (Lipinski definition) is 1. The Kier molecular flexibility index (Phi) is 3.12. The van der Waals surface area contributed by atoms with Crippen molar-refractivity contribution < 1.29 is 17.9 Å². The monoisotopic (exact) mass is 310 g/mol. The summed E-state index contributed by atoms with van der Waals surface area (Å²) in [5.41, 5.74) is -0.786. The maximum absolute atomic E-state index is 12.9. The van der Waals surface area contributed by atoms with Crippen molar-refractivity contribution in [1.29, 1.82) is 0 Å². The molecule has 114 valence electrons. The minimum absolute atomic E-state index is 0.0142. The fourth-order valence-corrected chi connectivity index (χ4v) is 2.04. The summed E-state index contributed by atoms with van der Waals surface area (Å²) in [5.74, 6) is 0.198. The Labute approximate surface area is 121 Å². The highest BCUT2D eigenvalue weighted by Gasteiger charge is 2.34. The molecular weight excluding hydrogens is 301 g/mol. The summed E-state index contributed by atoms with van der Waals surface area (Å²) in [4.78, 5) is 14.6. The normalized spacial score (nSPS) is 11.8. The smallest absolute Gasteiger partial charge is 0.434 e. The molecule has 0 aliphatic rings. The molecule has 0 fully saturated rings. The SMILES string of the molecule is COc1ccc(-c2ccc(=O)[nH]n2)n2cc(C(F)(F)F)nc12. The van der Waals surface area contributed by atoms with Crippen molar-refractivity contribution in [2.75, 3.05) is 7.11 Å². The van der Waals surface area contributed by atoms with Gasteiger partial charge in [-0.1, -0.05) is 0 Å². The van der Waals surface area contributed by atoms with Crippen molar-refractivity contribution in [2.45, 2.75) is 6.18 Å². The summed E-state index contributed by atoms with van der Waals surface area (Å²) >= 11 is 0. The summed E-state index contributed by atoms with van der Waals surface area (Å²) in [7, 11) is 1.34.